The highest BCUT2D eigenvalue weighted by atomic mass is 15.0. The van der Waals surface area contributed by atoms with Crippen molar-refractivity contribution in [3.8, 4) is 0 Å². The number of nitrogens with one attached hydrogen (secondary N) is 1. The van der Waals surface area contributed by atoms with Crippen LogP contribution in [-0.4, -0.2) is 12.1 Å². The Bertz CT molecular complexity index is 232. The van der Waals surface area contributed by atoms with Crippen LogP contribution in [0.2, 0.25) is 0 Å². The van der Waals surface area contributed by atoms with Gasteiger partial charge >= 0.3 is 0 Å². The zero-order valence-corrected chi connectivity index (χ0v) is 13.6. The van der Waals surface area contributed by atoms with E-state index in [1.165, 1.54) is 38.5 Å². The van der Waals surface area contributed by atoms with Gasteiger partial charge in [-0.2, -0.15) is 0 Å². The first kappa shape index (κ1) is 16.0. The molecule has 0 aromatic rings. The molecule has 1 aliphatic carbocycles. The van der Waals surface area contributed by atoms with Crippen LogP contribution in [0.15, 0.2) is 0 Å². The summed E-state index contributed by atoms with van der Waals surface area (Å²) in [7, 11) is 0. The zero-order valence-electron chi connectivity index (χ0n) is 13.6. The van der Waals surface area contributed by atoms with Gasteiger partial charge in [-0.3, -0.25) is 0 Å². The summed E-state index contributed by atoms with van der Waals surface area (Å²) in [5.41, 5.74) is 0.692. The van der Waals surface area contributed by atoms with E-state index < -0.39 is 0 Å². The van der Waals surface area contributed by atoms with Gasteiger partial charge in [-0.1, -0.05) is 52.9 Å². The van der Waals surface area contributed by atoms with Crippen LogP contribution in [0.4, 0.5) is 0 Å². The molecule has 1 saturated carbocycles. The van der Waals surface area contributed by atoms with Crippen LogP contribution >= 0.6 is 0 Å². The van der Waals surface area contributed by atoms with E-state index in [1.54, 1.807) is 0 Å². The minimum atomic E-state index is 0.239. The van der Waals surface area contributed by atoms with Crippen LogP contribution in [0.3, 0.4) is 0 Å². The lowest BCUT2D eigenvalue weighted by Gasteiger charge is -2.40. The fraction of sp³-hybridized carbons (Fsp3) is 1.00. The predicted octanol–water partition coefficient (Wildman–Crippen LogP) is 5.01. The third kappa shape index (κ3) is 5.30. The molecule has 1 atom stereocenters. The van der Waals surface area contributed by atoms with E-state index in [1.807, 2.05) is 0 Å². The van der Waals surface area contributed by atoms with Crippen molar-refractivity contribution in [1.29, 1.82) is 0 Å². The topological polar surface area (TPSA) is 12.0 Å². The zero-order chi connectivity index (χ0) is 13.8. The molecular formula is C17H35N. The average molecular weight is 253 g/mol. The van der Waals surface area contributed by atoms with E-state index in [0.29, 0.717) is 5.41 Å². The minimum absolute atomic E-state index is 0.239. The Balaban J connectivity index is 2.55. The van der Waals surface area contributed by atoms with Gasteiger partial charge in [0.2, 0.25) is 0 Å². The molecule has 1 aliphatic rings. The Labute approximate surface area is 115 Å². The number of rotatable bonds is 5. The van der Waals surface area contributed by atoms with Crippen LogP contribution < -0.4 is 5.32 Å². The smallest absolute Gasteiger partial charge is 0.00967 e. The quantitative estimate of drug-likeness (QED) is 0.726. The first-order chi connectivity index (χ1) is 8.23. The van der Waals surface area contributed by atoms with Gasteiger partial charge in [0, 0.05) is 12.1 Å². The van der Waals surface area contributed by atoms with Crippen molar-refractivity contribution in [1.82, 2.24) is 5.32 Å². The Morgan fingerprint density at radius 3 is 2.00 bits per heavy atom. The lowest BCUT2D eigenvalue weighted by molar-refractivity contribution is 0.128. The van der Waals surface area contributed by atoms with E-state index in [9.17, 15) is 0 Å². The maximum absolute atomic E-state index is 3.73. The summed E-state index contributed by atoms with van der Waals surface area (Å²) >= 11 is 0. The lowest BCUT2D eigenvalue weighted by atomic mass is 9.69. The molecule has 0 bridgehead atoms. The van der Waals surface area contributed by atoms with Gasteiger partial charge in [-0.25, -0.2) is 0 Å². The van der Waals surface area contributed by atoms with Gasteiger partial charge in [-0.05, 0) is 44.4 Å². The minimum Gasteiger partial charge on any atom is -0.312 e. The maximum atomic E-state index is 3.73. The second-order valence-electron chi connectivity index (χ2n) is 8.12. The molecule has 108 valence electrons. The van der Waals surface area contributed by atoms with Crippen molar-refractivity contribution in [2.45, 2.75) is 85.6 Å². The first-order valence-corrected chi connectivity index (χ1v) is 7.98. The first-order valence-electron chi connectivity index (χ1n) is 7.98. The molecule has 1 unspecified atom stereocenters. The summed E-state index contributed by atoms with van der Waals surface area (Å²) < 4.78 is 0. The Morgan fingerprint density at radius 1 is 1.00 bits per heavy atom. The summed E-state index contributed by atoms with van der Waals surface area (Å²) in [6, 6.07) is 0. The van der Waals surface area contributed by atoms with Crippen LogP contribution in [0, 0.1) is 17.3 Å². The van der Waals surface area contributed by atoms with Crippen molar-refractivity contribution in [2.24, 2.45) is 17.3 Å². The molecule has 0 aliphatic heterocycles. The fourth-order valence-electron chi connectivity index (χ4n) is 3.03. The Hall–Kier alpha value is -0.0400. The molecule has 0 amide bonds. The fourth-order valence-corrected chi connectivity index (χ4v) is 3.03. The Kier molecular flexibility index (Phi) is 5.70. The monoisotopic (exact) mass is 253 g/mol. The van der Waals surface area contributed by atoms with Crippen molar-refractivity contribution in [3.05, 3.63) is 0 Å². The summed E-state index contributed by atoms with van der Waals surface area (Å²) in [5, 5.41) is 3.73. The highest BCUT2D eigenvalue weighted by Crippen LogP contribution is 2.39. The van der Waals surface area contributed by atoms with Crippen LogP contribution in [-0.2, 0) is 0 Å². The van der Waals surface area contributed by atoms with Gasteiger partial charge in [0.1, 0.15) is 0 Å². The van der Waals surface area contributed by atoms with E-state index >= 15 is 0 Å². The van der Waals surface area contributed by atoms with Crippen LogP contribution in [0.1, 0.15) is 80.1 Å². The second kappa shape index (κ2) is 6.41. The molecule has 0 aromatic carbocycles. The molecular weight excluding hydrogens is 218 g/mol. The van der Waals surface area contributed by atoms with Crippen molar-refractivity contribution < 1.29 is 0 Å². The highest BCUT2D eigenvalue weighted by Gasteiger charge is 2.32. The van der Waals surface area contributed by atoms with Gasteiger partial charge in [0.05, 0.1) is 0 Å². The average Bonchev–Trinajstić information content (AvgIpc) is 2.27. The molecule has 1 rings (SSSR count). The summed E-state index contributed by atoms with van der Waals surface area (Å²) in [6.45, 7) is 15.3. The molecule has 0 aromatic heterocycles. The third-order valence-corrected chi connectivity index (χ3v) is 4.90. The summed E-state index contributed by atoms with van der Waals surface area (Å²) in [4.78, 5) is 0. The predicted molar refractivity (Wildman–Crippen MR) is 81.9 cm³/mol. The van der Waals surface area contributed by atoms with Gasteiger partial charge in [0.15, 0.2) is 0 Å². The molecule has 1 fully saturated rings. The number of hydrogen-bond donors (Lipinski definition) is 1. The lowest BCUT2D eigenvalue weighted by Crippen LogP contribution is -2.45. The normalized spacial score (nSPS) is 22.2. The number of hydrogen-bond acceptors (Lipinski definition) is 1. The van der Waals surface area contributed by atoms with Crippen LogP contribution in [0.5, 0.6) is 0 Å². The van der Waals surface area contributed by atoms with Crippen molar-refractivity contribution in [2.75, 3.05) is 6.54 Å². The van der Waals surface area contributed by atoms with Gasteiger partial charge in [-0.15, -0.1) is 0 Å². The van der Waals surface area contributed by atoms with E-state index in [-0.39, 0.29) is 5.54 Å². The molecule has 1 nitrogen and oxygen atoms in total. The molecule has 0 saturated heterocycles. The molecule has 0 spiro atoms. The van der Waals surface area contributed by atoms with E-state index in [2.05, 4.69) is 46.9 Å². The molecule has 1 N–H and O–H groups in total. The molecule has 18 heavy (non-hydrogen) atoms. The maximum Gasteiger partial charge on any atom is 0.00967 e. The molecule has 0 radical (unpaired) electrons. The summed E-state index contributed by atoms with van der Waals surface area (Å²) in [5.74, 6) is 1.74. The van der Waals surface area contributed by atoms with E-state index in [0.717, 1.165) is 18.4 Å². The van der Waals surface area contributed by atoms with Gasteiger partial charge < -0.3 is 5.32 Å². The SMILES string of the molecule is CC(C)C(C)(CNC(C)(C)C)CC1CCCCC1. The molecule has 0 heterocycles. The molecule has 1 heteroatoms. The van der Waals surface area contributed by atoms with Crippen LogP contribution in [0.25, 0.3) is 0 Å². The Morgan fingerprint density at radius 2 is 1.56 bits per heavy atom. The van der Waals surface area contributed by atoms with Crippen molar-refractivity contribution in [3.63, 3.8) is 0 Å². The summed E-state index contributed by atoms with van der Waals surface area (Å²) in [6.07, 6.45) is 8.75. The third-order valence-electron chi connectivity index (χ3n) is 4.90. The van der Waals surface area contributed by atoms with Crippen molar-refractivity contribution >= 4 is 0 Å². The standard InChI is InChI=1S/C17H35N/c1-14(2)17(6,13-18-16(3,4)5)12-15-10-8-7-9-11-15/h14-15,18H,7-13H2,1-6H3. The highest BCUT2D eigenvalue weighted by molar-refractivity contribution is 4.86. The van der Waals surface area contributed by atoms with Gasteiger partial charge in [0.25, 0.3) is 0 Å². The second-order valence-corrected chi connectivity index (χ2v) is 8.12. The largest absolute Gasteiger partial charge is 0.312 e. The van der Waals surface area contributed by atoms with E-state index in [4.69, 9.17) is 0 Å².